The molecule has 1 aromatic rings. The van der Waals surface area contributed by atoms with Crippen LogP contribution in [0.25, 0.3) is 0 Å². The van der Waals surface area contributed by atoms with Crippen LogP contribution in [0, 0.1) is 19.8 Å². The Labute approximate surface area is 126 Å². The zero-order valence-electron chi connectivity index (χ0n) is 13.4. The van der Waals surface area contributed by atoms with E-state index >= 15 is 0 Å². The summed E-state index contributed by atoms with van der Waals surface area (Å²) in [5, 5.41) is 0.684. The molecule has 0 aliphatic carbocycles. The molecule has 5 heteroatoms. The average Bonchev–Trinajstić information content (AvgIpc) is 2.63. The van der Waals surface area contributed by atoms with Gasteiger partial charge in [-0.15, -0.1) is 0 Å². The van der Waals surface area contributed by atoms with Crippen molar-refractivity contribution in [3.63, 3.8) is 0 Å². The van der Waals surface area contributed by atoms with Crippen LogP contribution >= 0.6 is 11.8 Å². The van der Waals surface area contributed by atoms with E-state index in [4.69, 9.17) is 4.74 Å². The second-order valence-electron chi connectivity index (χ2n) is 5.50. The Morgan fingerprint density at radius 1 is 1.35 bits per heavy atom. The van der Waals surface area contributed by atoms with Gasteiger partial charge in [0.2, 0.25) is 0 Å². The van der Waals surface area contributed by atoms with Crippen LogP contribution in [0.5, 0.6) is 0 Å². The van der Waals surface area contributed by atoms with Crippen LogP contribution in [0.3, 0.4) is 0 Å². The van der Waals surface area contributed by atoms with Crippen molar-refractivity contribution in [1.29, 1.82) is 0 Å². The quantitative estimate of drug-likeness (QED) is 0.570. The van der Waals surface area contributed by atoms with E-state index in [0.29, 0.717) is 12.5 Å². The highest BCUT2D eigenvalue weighted by Gasteiger charge is 2.21. The van der Waals surface area contributed by atoms with Crippen molar-refractivity contribution < 1.29 is 9.53 Å². The van der Waals surface area contributed by atoms with Crippen molar-refractivity contribution in [3.05, 3.63) is 11.4 Å². The van der Waals surface area contributed by atoms with E-state index in [9.17, 15) is 4.79 Å². The minimum Gasteiger partial charge on any atom is -0.465 e. The number of ether oxygens (including phenoxy) is 1. The van der Waals surface area contributed by atoms with E-state index < -0.39 is 0 Å². The van der Waals surface area contributed by atoms with E-state index in [1.165, 1.54) is 17.5 Å². The molecular formula is C15H26N2O2S. The molecule has 114 valence electrons. The Morgan fingerprint density at radius 2 is 2.00 bits per heavy atom. The number of thioether (sulfide) groups is 1. The average molecular weight is 298 g/mol. The summed E-state index contributed by atoms with van der Waals surface area (Å²) in [6, 6.07) is 0. The lowest BCUT2D eigenvalue weighted by Crippen LogP contribution is -2.18. The minimum atomic E-state index is -0.228. The monoisotopic (exact) mass is 298 g/mol. The summed E-state index contributed by atoms with van der Waals surface area (Å²) in [5.41, 5.74) is 2.21. The van der Waals surface area contributed by atoms with Gasteiger partial charge in [-0.25, -0.2) is 4.98 Å². The molecule has 0 spiro atoms. The second-order valence-corrected chi connectivity index (χ2v) is 6.81. The number of carbonyl (C=O) groups excluding carboxylic acids is 1. The third kappa shape index (κ3) is 4.54. The highest BCUT2D eigenvalue weighted by atomic mass is 32.2. The SMILES string of the molecule is CCCOC(=O)C(C)Sc1nc(C)c(C)n1CC(C)C. The molecule has 0 saturated heterocycles. The van der Waals surface area contributed by atoms with Gasteiger partial charge in [0.15, 0.2) is 5.16 Å². The lowest BCUT2D eigenvalue weighted by atomic mass is 10.2. The maximum absolute atomic E-state index is 11.9. The van der Waals surface area contributed by atoms with Crippen LogP contribution < -0.4 is 0 Å². The summed E-state index contributed by atoms with van der Waals surface area (Å²) in [6.07, 6.45) is 0.851. The first-order valence-electron chi connectivity index (χ1n) is 7.23. The Bertz CT molecular complexity index is 455. The summed E-state index contributed by atoms with van der Waals surface area (Å²) in [4.78, 5) is 16.4. The Morgan fingerprint density at radius 3 is 2.55 bits per heavy atom. The van der Waals surface area contributed by atoms with Crippen LogP contribution in [-0.2, 0) is 16.1 Å². The van der Waals surface area contributed by atoms with Gasteiger partial charge in [0, 0.05) is 12.2 Å². The number of imidazole rings is 1. The topological polar surface area (TPSA) is 44.1 Å². The van der Waals surface area contributed by atoms with Crippen LogP contribution in [0.1, 0.15) is 45.5 Å². The maximum Gasteiger partial charge on any atom is 0.319 e. The predicted octanol–water partition coefficient (Wildman–Crippen LogP) is 3.59. The fraction of sp³-hybridized carbons (Fsp3) is 0.733. The van der Waals surface area contributed by atoms with Gasteiger partial charge in [-0.05, 0) is 33.1 Å². The molecule has 0 fully saturated rings. The third-order valence-corrected chi connectivity index (χ3v) is 4.10. The fourth-order valence-electron chi connectivity index (χ4n) is 1.82. The van der Waals surface area contributed by atoms with E-state index in [1.807, 2.05) is 20.8 Å². The Hall–Kier alpha value is -0.970. The van der Waals surface area contributed by atoms with Gasteiger partial charge in [-0.1, -0.05) is 32.5 Å². The lowest BCUT2D eigenvalue weighted by Gasteiger charge is -2.14. The molecule has 20 heavy (non-hydrogen) atoms. The van der Waals surface area contributed by atoms with Crippen molar-refractivity contribution in [2.75, 3.05) is 6.61 Å². The molecule has 4 nitrogen and oxygen atoms in total. The summed E-state index contributed by atoms with van der Waals surface area (Å²) in [5.74, 6) is 0.384. The fourth-order valence-corrected chi connectivity index (χ4v) is 2.83. The van der Waals surface area contributed by atoms with Gasteiger partial charge >= 0.3 is 5.97 Å². The normalized spacial score (nSPS) is 12.8. The summed E-state index contributed by atoms with van der Waals surface area (Å²) < 4.78 is 7.39. The lowest BCUT2D eigenvalue weighted by molar-refractivity contribution is -0.142. The molecule has 0 radical (unpaired) electrons. The van der Waals surface area contributed by atoms with E-state index in [1.54, 1.807) is 0 Å². The Kier molecular flexibility index (Phi) is 6.59. The van der Waals surface area contributed by atoms with Crippen LogP contribution in [-0.4, -0.2) is 27.4 Å². The highest BCUT2D eigenvalue weighted by Crippen LogP contribution is 2.26. The number of hydrogen-bond acceptors (Lipinski definition) is 4. The maximum atomic E-state index is 11.9. The molecule has 0 saturated carbocycles. The van der Waals surface area contributed by atoms with Gasteiger partial charge in [-0.2, -0.15) is 0 Å². The molecule has 0 bridgehead atoms. The molecular weight excluding hydrogens is 272 g/mol. The largest absolute Gasteiger partial charge is 0.465 e. The molecule has 0 amide bonds. The molecule has 0 aromatic carbocycles. The number of aryl methyl sites for hydroxylation is 1. The zero-order chi connectivity index (χ0) is 15.3. The minimum absolute atomic E-state index is 0.161. The van der Waals surface area contributed by atoms with Crippen LogP contribution in [0.2, 0.25) is 0 Å². The first-order chi connectivity index (χ1) is 9.36. The molecule has 1 rings (SSSR count). The number of nitrogens with zero attached hydrogens (tertiary/aromatic N) is 2. The standard InChI is InChI=1S/C15H26N2O2S/c1-7-8-19-14(18)13(6)20-15-16-11(4)12(5)17(15)9-10(2)3/h10,13H,7-9H2,1-6H3. The second kappa shape index (κ2) is 7.72. The number of aromatic nitrogens is 2. The zero-order valence-corrected chi connectivity index (χ0v) is 14.2. The first-order valence-corrected chi connectivity index (χ1v) is 8.11. The number of rotatable bonds is 7. The first kappa shape index (κ1) is 17.1. The summed E-state index contributed by atoms with van der Waals surface area (Å²) >= 11 is 1.48. The number of esters is 1. The van der Waals surface area contributed by atoms with Gasteiger partial charge in [0.05, 0.1) is 12.3 Å². The van der Waals surface area contributed by atoms with Crippen molar-refractivity contribution in [2.45, 2.75) is 64.9 Å². The van der Waals surface area contributed by atoms with E-state index in [-0.39, 0.29) is 11.2 Å². The molecule has 0 aliphatic rings. The smallest absolute Gasteiger partial charge is 0.319 e. The molecule has 0 aliphatic heterocycles. The summed E-state index contributed by atoms with van der Waals surface area (Å²) in [7, 11) is 0. The highest BCUT2D eigenvalue weighted by molar-refractivity contribution is 8.00. The molecule has 0 N–H and O–H groups in total. The number of carbonyl (C=O) groups is 1. The molecule has 1 unspecified atom stereocenters. The third-order valence-electron chi connectivity index (χ3n) is 3.03. The van der Waals surface area contributed by atoms with E-state index in [0.717, 1.165) is 23.8 Å². The molecule has 1 heterocycles. The molecule has 1 atom stereocenters. The predicted molar refractivity (Wildman–Crippen MR) is 83.1 cm³/mol. The summed E-state index contributed by atoms with van der Waals surface area (Å²) in [6.45, 7) is 13.7. The van der Waals surface area contributed by atoms with Gasteiger partial charge < -0.3 is 9.30 Å². The van der Waals surface area contributed by atoms with Crippen molar-refractivity contribution in [1.82, 2.24) is 9.55 Å². The van der Waals surface area contributed by atoms with Gasteiger partial charge in [0.25, 0.3) is 0 Å². The van der Waals surface area contributed by atoms with Crippen LogP contribution in [0.15, 0.2) is 5.16 Å². The van der Waals surface area contributed by atoms with Crippen molar-refractivity contribution >= 4 is 17.7 Å². The van der Waals surface area contributed by atoms with E-state index in [2.05, 4.69) is 30.3 Å². The Balaban J connectivity index is 2.81. The van der Waals surface area contributed by atoms with Crippen LogP contribution in [0.4, 0.5) is 0 Å². The molecule has 1 aromatic heterocycles. The van der Waals surface area contributed by atoms with Gasteiger partial charge in [-0.3, -0.25) is 4.79 Å². The van der Waals surface area contributed by atoms with Gasteiger partial charge in [0.1, 0.15) is 5.25 Å². The van der Waals surface area contributed by atoms with Crippen molar-refractivity contribution in [3.8, 4) is 0 Å². The number of hydrogen-bond donors (Lipinski definition) is 0. The van der Waals surface area contributed by atoms with Crippen molar-refractivity contribution in [2.24, 2.45) is 5.92 Å².